The summed E-state index contributed by atoms with van der Waals surface area (Å²) in [5.74, 6) is -0.0529. The minimum absolute atomic E-state index is 0.0529. The molecule has 5 rings (SSSR count). The lowest BCUT2D eigenvalue weighted by molar-refractivity contribution is 0.0543. The smallest absolute Gasteiger partial charge is 0.264 e. The second-order valence-electron chi connectivity index (χ2n) is 9.35. The number of fused-ring (bicyclic) bond motifs is 1. The van der Waals surface area contributed by atoms with E-state index in [1.54, 1.807) is 54.4 Å². The number of hydrogen-bond acceptors (Lipinski definition) is 6. The zero-order valence-corrected chi connectivity index (χ0v) is 23.0. The third kappa shape index (κ3) is 5.14. The Bertz CT molecular complexity index is 1530. The number of nitrogens with zero attached hydrogens (tertiary/aromatic N) is 3. The van der Waals surface area contributed by atoms with Crippen molar-refractivity contribution in [2.24, 2.45) is 0 Å². The number of hydrogen-bond donors (Lipinski definition) is 1. The van der Waals surface area contributed by atoms with Crippen molar-refractivity contribution < 1.29 is 13.2 Å². The number of sulfonamides is 1. The second kappa shape index (κ2) is 10.8. The first-order chi connectivity index (χ1) is 18.3. The van der Waals surface area contributed by atoms with Crippen molar-refractivity contribution in [3.8, 4) is 0 Å². The first-order valence-electron chi connectivity index (χ1n) is 12.4. The fourth-order valence-electron chi connectivity index (χ4n) is 4.88. The van der Waals surface area contributed by atoms with Crippen molar-refractivity contribution in [2.75, 3.05) is 37.2 Å². The summed E-state index contributed by atoms with van der Waals surface area (Å²) in [7, 11) is -3.85. The maximum Gasteiger partial charge on any atom is 0.264 e. The number of benzene rings is 3. The summed E-state index contributed by atoms with van der Waals surface area (Å²) >= 11 is 1.81. The molecule has 1 aromatic heterocycles. The lowest BCUT2D eigenvalue weighted by Gasteiger charge is -2.45. The number of carbonyl (C=O) groups excluding carboxylic acids is 1. The summed E-state index contributed by atoms with van der Waals surface area (Å²) in [6.07, 6.45) is 3.70. The lowest BCUT2D eigenvalue weighted by Crippen LogP contribution is -2.54. The van der Waals surface area contributed by atoms with Crippen molar-refractivity contribution in [1.82, 2.24) is 14.8 Å². The molecule has 0 bridgehead atoms. The fourth-order valence-corrected chi connectivity index (χ4v) is 6.93. The van der Waals surface area contributed by atoms with Gasteiger partial charge in [0.25, 0.3) is 15.9 Å². The Balaban J connectivity index is 1.25. The van der Waals surface area contributed by atoms with E-state index in [1.165, 1.54) is 11.6 Å². The van der Waals surface area contributed by atoms with Gasteiger partial charge in [-0.25, -0.2) is 8.42 Å². The van der Waals surface area contributed by atoms with Crippen molar-refractivity contribution >= 4 is 44.3 Å². The molecule has 1 fully saturated rings. The van der Waals surface area contributed by atoms with Gasteiger partial charge in [-0.3, -0.25) is 19.4 Å². The van der Waals surface area contributed by atoms with Gasteiger partial charge in [-0.2, -0.15) is 0 Å². The molecule has 0 radical (unpaired) electrons. The summed E-state index contributed by atoms with van der Waals surface area (Å²) < 4.78 is 28.8. The molecule has 7 nitrogen and oxygen atoms in total. The molecule has 4 aromatic rings. The average molecular weight is 547 g/mol. The monoisotopic (exact) mass is 546 g/mol. The molecular formula is C29H30N4O3S2. The number of anilines is 1. The van der Waals surface area contributed by atoms with Crippen LogP contribution in [-0.2, 0) is 14.9 Å². The molecule has 0 spiro atoms. The van der Waals surface area contributed by atoms with Gasteiger partial charge in [-0.1, -0.05) is 48.5 Å². The van der Waals surface area contributed by atoms with E-state index < -0.39 is 10.0 Å². The van der Waals surface area contributed by atoms with E-state index in [0.717, 1.165) is 18.5 Å². The summed E-state index contributed by atoms with van der Waals surface area (Å²) in [6, 6.07) is 25.7. The Morgan fingerprint density at radius 2 is 1.58 bits per heavy atom. The third-order valence-electron chi connectivity index (χ3n) is 7.15. The summed E-state index contributed by atoms with van der Waals surface area (Å²) in [5.41, 5.74) is 2.59. The van der Waals surface area contributed by atoms with Crippen LogP contribution in [0, 0.1) is 0 Å². The van der Waals surface area contributed by atoms with Crippen LogP contribution in [0.5, 0.6) is 0 Å². The van der Waals surface area contributed by atoms with Crippen LogP contribution in [0.25, 0.3) is 10.9 Å². The highest BCUT2D eigenvalue weighted by molar-refractivity contribution is 7.99. The number of thioether (sulfide) groups is 1. The number of piperazine rings is 1. The van der Waals surface area contributed by atoms with E-state index in [0.29, 0.717) is 29.9 Å². The van der Waals surface area contributed by atoms with Crippen LogP contribution in [0.1, 0.15) is 22.8 Å². The number of rotatable bonds is 7. The van der Waals surface area contributed by atoms with Crippen LogP contribution >= 0.6 is 11.8 Å². The number of amides is 1. The highest BCUT2D eigenvalue weighted by atomic mass is 32.2. The number of aromatic nitrogens is 1. The van der Waals surface area contributed by atoms with Crippen LogP contribution in [0.4, 0.5) is 5.69 Å². The first-order valence-corrected chi connectivity index (χ1v) is 15.1. The molecule has 196 valence electrons. The molecule has 1 amide bonds. The van der Waals surface area contributed by atoms with Crippen LogP contribution in [0.2, 0.25) is 0 Å². The predicted molar refractivity (Wildman–Crippen MR) is 154 cm³/mol. The Morgan fingerprint density at radius 3 is 2.26 bits per heavy atom. The number of carbonyl (C=O) groups is 1. The number of pyridine rings is 1. The lowest BCUT2D eigenvalue weighted by atomic mass is 10.0. The van der Waals surface area contributed by atoms with Gasteiger partial charge in [-0.05, 0) is 55.1 Å². The Kier molecular flexibility index (Phi) is 7.43. The molecule has 2 heterocycles. The van der Waals surface area contributed by atoms with Gasteiger partial charge >= 0.3 is 0 Å². The first kappa shape index (κ1) is 26.2. The number of nitrogens with one attached hydrogen (secondary N) is 1. The SMILES string of the molecule is CSC(C)(c1ccccc1)N1CCN(C(=O)c2ccc(NS(=O)(=O)c3cccc4cccnc34)cc2)CC1. The van der Waals surface area contributed by atoms with Gasteiger partial charge in [0.2, 0.25) is 0 Å². The van der Waals surface area contributed by atoms with Gasteiger partial charge < -0.3 is 4.90 Å². The third-order valence-corrected chi connectivity index (χ3v) is 9.85. The van der Waals surface area contributed by atoms with Crippen molar-refractivity contribution in [3.05, 3.63) is 102 Å². The minimum atomic E-state index is -3.85. The van der Waals surface area contributed by atoms with Crippen LogP contribution in [-0.4, -0.2) is 61.5 Å². The molecule has 1 aliphatic heterocycles. The molecule has 1 saturated heterocycles. The maximum atomic E-state index is 13.2. The standard InChI is InChI=1S/C29H30N4O3S2/c1-29(37-2,24-10-4-3-5-11-24)33-20-18-32(19-21-33)28(34)23-13-15-25(16-14-23)31-38(35,36)26-12-6-8-22-9-7-17-30-27(22)26/h3-17,31H,18-21H2,1-2H3. The van der Waals surface area contributed by atoms with Gasteiger partial charge in [0, 0.05) is 49.0 Å². The topological polar surface area (TPSA) is 82.6 Å². The van der Waals surface area contributed by atoms with Gasteiger partial charge in [0.05, 0.1) is 10.4 Å². The van der Waals surface area contributed by atoms with Crippen molar-refractivity contribution in [2.45, 2.75) is 16.7 Å². The van der Waals surface area contributed by atoms with E-state index in [2.05, 4.69) is 52.1 Å². The largest absolute Gasteiger partial charge is 0.336 e. The average Bonchev–Trinajstić information content (AvgIpc) is 2.97. The van der Waals surface area contributed by atoms with E-state index >= 15 is 0 Å². The molecule has 3 aromatic carbocycles. The second-order valence-corrected chi connectivity index (χ2v) is 12.2. The maximum absolute atomic E-state index is 13.2. The fraction of sp³-hybridized carbons (Fsp3) is 0.241. The number of para-hydroxylation sites is 1. The molecule has 9 heteroatoms. The van der Waals surface area contributed by atoms with Gasteiger partial charge in [-0.15, -0.1) is 11.8 Å². The Hall–Kier alpha value is -3.40. The molecule has 1 unspecified atom stereocenters. The van der Waals surface area contributed by atoms with E-state index in [1.807, 2.05) is 23.1 Å². The summed E-state index contributed by atoms with van der Waals surface area (Å²) in [5, 5.41) is 0.748. The van der Waals surface area contributed by atoms with Crippen LogP contribution in [0.15, 0.2) is 96.0 Å². The van der Waals surface area contributed by atoms with E-state index in [9.17, 15) is 13.2 Å². The molecule has 1 aliphatic rings. The van der Waals surface area contributed by atoms with E-state index in [-0.39, 0.29) is 15.7 Å². The summed E-state index contributed by atoms with van der Waals surface area (Å²) in [6.45, 7) is 5.04. The minimum Gasteiger partial charge on any atom is -0.336 e. The van der Waals surface area contributed by atoms with Crippen molar-refractivity contribution in [1.29, 1.82) is 0 Å². The zero-order chi connectivity index (χ0) is 26.8. The Morgan fingerprint density at radius 1 is 0.895 bits per heavy atom. The predicted octanol–water partition coefficient (Wildman–Crippen LogP) is 5.03. The van der Waals surface area contributed by atoms with Gasteiger partial charge in [0.1, 0.15) is 4.90 Å². The highest BCUT2D eigenvalue weighted by Crippen LogP contribution is 2.38. The molecule has 38 heavy (non-hydrogen) atoms. The molecule has 0 aliphatic carbocycles. The Labute approximate surface area is 227 Å². The van der Waals surface area contributed by atoms with E-state index in [4.69, 9.17) is 0 Å². The molecule has 0 saturated carbocycles. The summed E-state index contributed by atoms with van der Waals surface area (Å²) in [4.78, 5) is 21.7. The van der Waals surface area contributed by atoms with Gasteiger partial charge in [0.15, 0.2) is 0 Å². The zero-order valence-electron chi connectivity index (χ0n) is 21.4. The highest BCUT2D eigenvalue weighted by Gasteiger charge is 2.36. The van der Waals surface area contributed by atoms with Crippen LogP contribution in [0.3, 0.4) is 0 Å². The quantitative estimate of drug-likeness (QED) is 0.350. The molecule has 1 N–H and O–H groups in total. The normalized spacial score (nSPS) is 16.2. The van der Waals surface area contributed by atoms with Crippen molar-refractivity contribution in [3.63, 3.8) is 0 Å². The van der Waals surface area contributed by atoms with Crippen LogP contribution < -0.4 is 4.72 Å². The molecule has 1 atom stereocenters. The molecular weight excluding hydrogens is 516 g/mol.